The first-order valence-electron chi connectivity index (χ1n) is 11.4. The summed E-state index contributed by atoms with van der Waals surface area (Å²) >= 11 is 12.6. The van der Waals surface area contributed by atoms with Gasteiger partial charge in [0.15, 0.2) is 29.0 Å². The maximum absolute atomic E-state index is 12.3. The van der Waals surface area contributed by atoms with Gasteiger partial charge in [-0.05, 0) is 30.8 Å². The number of aliphatic hydroxyl groups excluding tert-OH is 1. The normalized spacial score (nSPS) is 19.2. The number of nitrogens with one attached hydrogen (secondary N) is 2. The first-order chi connectivity index (χ1) is 17.8. The van der Waals surface area contributed by atoms with Crippen molar-refractivity contribution in [1.29, 1.82) is 0 Å². The molecule has 0 saturated carbocycles. The first kappa shape index (κ1) is 25.1. The van der Waals surface area contributed by atoms with Crippen molar-refractivity contribution in [2.45, 2.75) is 38.3 Å². The van der Waals surface area contributed by atoms with Crippen molar-refractivity contribution in [2.75, 3.05) is 5.32 Å². The molecule has 1 fully saturated rings. The van der Waals surface area contributed by atoms with Gasteiger partial charge in [0, 0.05) is 35.9 Å². The van der Waals surface area contributed by atoms with Gasteiger partial charge >= 0.3 is 0 Å². The van der Waals surface area contributed by atoms with Gasteiger partial charge in [0.1, 0.15) is 12.2 Å². The predicted octanol–water partition coefficient (Wildman–Crippen LogP) is 4.02. The van der Waals surface area contributed by atoms with Crippen molar-refractivity contribution >= 4 is 46.1 Å². The van der Waals surface area contributed by atoms with E-state index in [1.807, 2.05) is 25.1 Å². The minimum Gasteiger partial charge on any atom is -0.388 e. The number of halogens is 2. The number of fused-ring (bicyclic) bond motifs is 1. The van der Waals surface area contributed by atoms with E-state index in [2.05, 4.69) is 32.2 Å². The molecule has 1 aliphatic rings. The Morgan fingerprint density at radius 1 is 1.30 bits per heavy atom. The Morgan fingerprint density at radius 3 is 2.92 bits per heavy atom. The number of hydrogen-bond acceptors (Lipinski definition) is 8. The highest BCUT2D eigenvalue weighted by atomic mass is 35.5. The predicted molar refractivity (Wildman–Crippen MR) is 140 cm³/mol. The van der Waals surface area contributed by atoms with E-state index in [1.54, 1.807) is 16.8 Å². The number of nitrogens with zero attached hydrogens (tertiary/aromatic N) is 5. The van der Waals surface area contributed by atoms with E-state index in [-0.39, 0.29) is 6.42 Å². The van der Waals surface area contributed by atoms with Gasteiger partial charge in [0.05, 0.1) is 11.3 Å². The van der Waals surface area contributed by atoms with Crippen LogP contribution in [0.3, 0.4) is 0 Å². The van der Waals surface area contributed by atoms with Gasteiger partial charge in [-0.1, -0.05) is 47.5 Å². The number of ether oxygens (including phenoxy) is 1. The molecular formula is C25H23Cl2N7O3. The molecule has 12 heteroatoms. The summed E-state index contributed by atoms with van der Waals surface area (Å²) in [5.41, 5.74) is 3.42. The second-order valence-corrected chi connectivity index (χ2v) is 9.43. The van der Waals surface area contributed by atoms with Crippen LogP contribution in [0.4, 0.5) is 5.82 Å². The zero-order chi connectivity index (χ0) is 26.1. The average Bonchev–Trinajstić information content (AvgIpc) is 3.47. The maximum atomic E-state index is 12.3. The average molecular weight is 540 g/mol. The fraction of sp³-hybridized carbons (Fsp3) is 0.240. The van der Waals surface area contributed by atoms with Crippen molar-refractivity contribution in [3.63, 3.8) is 0 Å². The van der Waals surface area contributed by atoms with Crippen LogP contribution in [-0.2, 0) is 16.1 Å². The molecule has 4 aromatic rings. The van der Waals surface area contributed by atoms with Crippen LogP contribution >= 0.6 is 23.2 Å². The Labute approximate surface area is 222 Å². The molecule has 37 heavy (non-hydrogen) atoms. The van der Waals surface area contributed by atoms with Crippen LogP contribution in [0.2, 0.25) is 10.0 Å². The van der Waals surface area contributed by atoms with Crippen molar-refractivity contribution in [3.8, 4) is 11.4 Å². The number of amides is 1. The van der Waals surface area contributed by atoms with Crippen LogP contribution in [0.25, 0.3) is 22.6 Å². The smallest absolute Gasteiger partial charge is 0.253 e. The van der Waals surface area contributed by atoms with E-state index in [0.29, 0.717) is 45.0 Å². The second kappa shape index (κ2) is 10.4. The lowest BCUT2D eigenvalue weighted by molar-refractivity contribution is -0.133. The summed E-state index contributed by atoms with van der Waals surface area (Å²) in [6.07, 6.45) is 3.31. The molecule has 0 bridgehead atoms. The Balaban J connectivity index is 1.56. The fourth-order valence-corrected chi connectivity index (χ4v) is 4.53. The van der Waals surface area contributed by atoms with E-state index in [9.17, 15) is 9.90 Å². The molecule has 1 amide bonds. The van der Waals surface area contributed by atoms with E-state index in [1.165, 1.54) is 18.7 Å². The lowest BCUT2D eigenvalue weighted by Gasteiger charge is -2.17. The minimum absolute atomic E-state index is 0.108. The molecule has 0 unspecified atom stereocenters. The highest BCUT2D eigenvalue weighted by Crippen LogP contribution is 2.33. The molecule has 10 nitrogen and oxygen atoms in total. The van der Waals surface area contributed by atoms with Crippen molar-refractivity contribution in [3.05, 3.63) is 76.9 Å². The first-order valence-corrected chi connectivity index (χ1v) is 12.2. The van der Waals surface area contributed by atoms with Crippen molar-refractivity contribution in [2.24, 2.45) is 0 Å². The van der Waals surface area contributed by atoms with Gasteiger partial charge in [0.2, 0.25) is 0 Å². The van der Waals surface area contributed by atoms with Crippen LogP contribution < -0.4 is 10.6 Å². The number of pyridine rings is 1. The number of rotatable bonds is 7. The number of aromatic nitrogens is 5. The third kappa shape index (κ3) is 5.14. The number of anilines is 1. The van der Waals surface area contributed by atoms with Crippen molar-refractivity contribution in [1.82, 2.24) is 29.8 Å². The molecule has 3 N–H and O–H groups in total. The molecule has 0 radical (unpaired) electrons. The standard InChI is InChI=1S/C25H23Cl2N7O3/c1-3-29-24(36)19-8-18(35)25(37-19)34-12-31-20-22(30-10-14-6-13(2)4-5-17(14)27)32-21(33-23(20)34)15-7-16(26)11-28-9-15/h3-7,9,11-12,18-19,25,35H,1,8,10H2,2H3,(H,29,36)(H,30,32,33)/t18-,19+,25-/m1/s1. The summed E-state index contributed by atoms with van der Waals surface area (Å²) in [6.45, 7) is 5.87. The Hall–Kier alpha value is -3.57. The second-order valence-electron chi connectivity index (χ2n) is 8.59. The van der Waals surface area contributed by atoms with E-state index in [4.69, 9.17) is 32.9 Å². The number of carbonyl (C=O) groups is 1. The summed E-state index contributed by atoms with van der Waals surface area (Å²) in [5, 5.41) is 17.6. The van der Waals surface area contributed by atoms with Crippen LogP contribution in [-0.4, -0.2) is 47.7 Å². The number of imidazole rings is 1. The quantitative estimate of drug-likeness (QED) is 0.321. The molecule has 4 heterocycles. The van der Waals surface area contributed by atoms with Gasteiger partial charge in [-0.15, -0.1) is 0 Å². The molecule has 0 aliphatic carbocycles. The van der Waals surface area contributed by atoms with Gasteiger partial charge in [0.25, 0.3) is 5.91 Å². The van der Waals surface area contributed by atoms with Crippen LogP contribution in [0, 0.1) is 6.92 Å². The van der Waals surface area contributed by atoms with Crippen LogP contribution in [0.15, 0.2) is 55.8 Å². The number of aliphatic hydroxyl groups is 1. The largest absolute Gasteiger partial charge is 0.388 e. The highest BCUT2D eigenvalue weighted by Gasteiger charge is 2.39. The summed E-state index contributed by atoms with van der Waals surface area (Å²) in [7, 11) is 0. The third-order valence-corrected chi connectivity index (χ3v) is 6.51. The molecule has 5 rings (SSSR count). The highest BCUT2D eigenvalue weighted by molar-refractivity contribution is 6.31. The summed E-state index contributed by atoms with van der Waals surface area (Å²) in [4.78, 5) is 30.3. The van der Waals surface area contributed by atoms with E-state index >= 15 is 0 Å². The Bertz CT molecular complexity index is 1490. The number of carbonyl (C=O) groups excluding carboxylic acids is 1. The monoisotopic (exact) mass is 539 g/mol. The zero-order valence-electron chi connectivity index (χ0n) is 19.7. The lowest BCUT2D eigenvalue weighted by Crippen LogP contribution is -2.30. The summed E-state index contributed by atoms with van der Waals surface area (Å²) in [5.74, 6) is 0.402. The van der Waals surface area contributed by atoms with Gasteiger partial charge in [-0.2, -0.15) is 0 Å². The third-order valence-electron chi connectivity index (χ3n) is 5.93. The van der Waals surface area contributed by atoms with Gasteiger partial charge in [-0.3, -0.25) is 14.3 Å². The molecule has 190 valence electrons. The molecule has 0 spiro atoms. The van der Waals surface area contributed by atoms with Crippen LogP contribution in [0.5, 0.6) is 0 Å². The molecule has 1 saturated heterocycles. The molecule has 1 aliphatic heterocycles. The summed E-state index contributed by atoms with van der Waals surface area (Å²) < 4.78 is 7.48. The number of hydrogen-bond donors (Lipinski definition) is 3. The Morgan fingerprint density at radius 2 is 2.14 bits per heavy atom. The summed E-state index contributed by atoms with van der Waals surface area (Å²) in [6, 6.07) is 7.48. The van der Waals surface area contributed by atoms with Crippen LogP contribution in [0.1, 0.15) is 23.8 Å². The minimum atomic E-state index is -0.966. The Kier molecular flexibility index (Phi) is 7.07. The SMILES string of the molecule is C=CNC(=O)[C@@H]1C[C@@H](O)[C@H](n2cnc3c(NCc4cc(C)ccc4Cl)nc(-c4cncc(Cl)c4)nc32)O1. The topological polar surface area (TPSA) is 127 Å². The maximum Gasteiger partial charge on any atom is 0.253 e. The lowest BCUT2D eigenvalue weighted by atomic mass is 10.1. The molecule has 1 aromatic carbocycles. The molecular weight excluding hydrogens is 517 g/mol. The van der Waals surface area contributed by atoms with Crippen molar-refractivity contribution < 1.29 is 14.6 Å². The molecule has 3 aromatic heterocycles. The van der Waals surface area contributed by atoms with E-state index < -0.39 is 24.3 Å². The van der Waals surface area contributed by atoms with E-state index in [0.717, 1.165) is 11.1 Å². The van der Waals surface area contributed by atoms with Gasteiger partial charge in [-0.25, -0.2) is 15.0 Å². The fourth-order valence-electron chi connectivity index (χ4n) is 4.17. The molecule has 3 atom stereocenters. The number of aryl methyl sites for hydroxylation is 1. The zero-order valence-corrected chi connectivity index (χ0v) is 21.2. The van der Waals surface area contributed by atoms with Gasteiger partial charge < -0.3 is 20.5 Å². The number of benzene rings is 1.